The average molecular weight is 351 g/mol. The lowest BCUT2D eigenvalue weighted by Crippen LogP contribution is -2.50. The zero-order valence-corrected chi connectivity index (χ0v) is 16.6. The van der Waals surface area contributed by atoms with Gasteiger partial charge in [0.15, 0.2) is 0 Å². The van der Waals surface area contributed by atoms with Crippen molar-refractivity contribution in [2.75, 3.05) is 13.1 Å². The Morgan fingerprint density at radius 2 is 1.76 bits per heavy atom. The van der Waals surface area contributed by atoms with E-state index in [1.54, 1.807) is 0 Å². The summed E-state index contributed by atoms with van der Waals surface area (Å²) in [5.74, 6) is 1.85. The number of carbonyl (C=O) groups excluding carboxylic acids is 2. The third-order valence-corrected chi connectivity index (χ3v) is 6.00. The van der Waals surface area contributed by atoms with Gasteiger partial charge >= 0.3 is 0 Å². The lowest BCUT2D eigenvalue weighted by atomic mass is 9.78. The first-order valence-electron chi connectivity index (χ1n) is 10.5. The topological polar surface area (TPSA) is 49.4 Å². The van der Waals surface area contributed by atoms with Gasteiger partial charge in [0.05, 0.1) is 0 Å². The van der Waals surface area contributed by atoms with Crippen molar-refractivity contribution in [3.05, 3.63) is 0 Å². The number of hydrogen-bond acceptors (Lipinski definition) is 2. The molecule has 0 spiro atoms. The summed E-state index contributed by atoms with van der Waals surface area (Å²) < 4.78 is 0. The number of piperidine rings is 1. The SMILES string of the molecule is CC(C)CCCC(C)CNC(=O)CC(=O)N1CCCC2CCCCC21. The van der Waals surface area contributed by atoms with Crippen LogP contribution in [0, 0.1) is 17.8 Å². The van der Waals surface area contributed by atoms with Crippen LogP contribution in [0.4, 0.5) is 0 Å². The van der Waals surface area contributed by atoms with E-state index >= 15 is 0 Å². The van der Waals surface area contributed by atoms with Crippen molar-refractivity contribution in [3.63, 3.8) is 0 Å². The van der Waals surface area contributed by atoms with Crippen LogP contribution >= 0.6 is 0 Å². The summed E-state index contributed by atoms with van der Waals surface area (Å²) in [4.78, 5) is 26.8. The molecule has 1 aliphatic heterocycles. The predicted molar refractivity (Wildman–Crippen MR) is 102 cm³/mol. The fraction of sp³-hybridized carbons (Fsp3) is 0.905. The largest absolute Gasteiger partial charge is 0.355 e. The Bertz CT molecular complexity index is 434. The van der Waals surface area contributed by atoms with Crippen LogP contribution in [0.2, 0.25) is 0 Å². The van der Waals surface area contributed by atoms with Crippen molar-refractivity contribution in [3.8, 4) is 0 Å². The van der Waals surface area contributed by atoms with Crippen molar-refractivity contribution in [1.82, 2.24) is 10.2 Å². The third-order valence-electron chi connectivity index (χ3n) is 6.00. The van der Waals surface area contributed by atoms with E-state index in [9.17, 15) is 9.59 Å². The molecule has 3 atom stereocenters. The first kappa shape index (κ1) is 20.3. The number of hydrogen-bond donors (Lipinski definition) is 1. The maximum absolute atomic E-state index is 12.6. The van der Waals surface area contributed by atoms with E-state index in [4.69, 9.17) is 0 Å². The summed E-state index contributed by atoms with van der Waals surface area (Å²) in [7, 11) is 0. The van der Waals surface area contributed by atoms with Gasteiger partial charge in [-0.15, -0.1) is 0 Å². The van der Waals surface area contributed by atoms with Gasteiger partial charge in [0, 0.05) is 19.1 Å². The molecule has 4 heteroatoms. The molecule has 25 heavy (non-hydrogen) atoms. The van der Waals surface area contributed by atoms with Crippen LogP contribution in [-0.2, 0) is 9.59 Å². The zero-order chi connectivity index (χ0) is 18.2. The lowest BCUT2D eigenvalue weighted by Gasteiger charge is -2.44. The quantitative estimate of drug-likeness (QED) is 0.669. The second-order valence-electron chi connectivity index (χ2n) is 8.75. The van der Waals surface area contributed by atoms with Gasteiger partial charge in [0.2, 0.25) is 11.8 Å². The summed E-state index contributed by atoms with van der Waals surface area (Å²) >= 11 is 0. The van der Waals surface area contributed by atoms with Crippen LogP contribution in [0.5, 0.6) is 0 Å². The Morgan fingerprint density at radius 1 is 1.04 bits per heavy atom. The Morgan fingerprint density at radius 3 is 2.52 bits per heavy atom. The molecule has 2 amide bonds. The average Bonchev–Trinajstić information content (AvgIpc) is 2.59. The number of fused-ring (bicyclic) bond motifs is 1. The zero-order valence-electron chi connectivity index (χ0n) is 16.6. The minimum Gasteiger partial charge on any atom is -0.355 e. The molecule has 144 valence electrons. The van der Waals surface area contributed by atoms with Crippen molar-refractivity contribution in [2.45, 2.75) is 91.0 Å². The van der Waals surface area contributed by atoms with E-state index in [1.807, 2.05) is 4.90 Å². The number of likely N-dealkylation sites (tertiary alicyclic amines) is 1. The molecule has 1 N–H and O–H groups in total. The first-order valence-corrected chi connectivity index (χ1v) is 10.5. The van der Waals surface area contributed by atoms with Crippen LogP contribution in [0.15, 0.2) is 0 Å². The third kappa shape index (κ3) is 6.63. The van der Waals surface area contributed by atoms with Gasteiger partial charge in [-0.25, -0.2) is 0 Å². The van der Waals surface area contributed by atoms with Gasteiger partial charge in [-0.3, -0.25) is 9.59 Å². The van der Waals surface area contributed by atoms with E-state index in [-0.39, 0.29) is 18.2 Å². The molecule has 0 aromatic heterocycles. The molecular weight excluding hydrogens is 312 g/mol. The van der Waals surface area contributed by atoms with E-state index in [1.165, 1.54) is 38.5 Å². The van der Waals surface area contributed by atoms with Gasteiger partial charge in [-0.1, -0.05) is 46.5 Å². The van der Waals surface area contributed by atoms with Gasteiger partial charge in [-0.2, -0.15) is 0 Å². The highest BCUT2D eigenvalue weighted by atomic mass is 16.2. The first-order chi connectivity index (χ1) is 12.0. The molecule has 2 aliphatic rings. The molecule has 1 aliphatic carbocycles. The van der Waals surface area contributed by atoms with Crippen molar-refractivity contribution in [1.29, 1.82) is 0 Å². The van der Waals surface area contributed by atoms with Crippen molar-refractivity contribution >= 4 is 11.8 Å². The minimum atomic E-state index is -0.0985. The maximum Gasteiger partial charge on any atom is 0.232 e. The molecule has 4 nitrogen and oxygen atoms in total. The normalized spacial score (nSPS) is 24.7. The van der Waals surface area contributed by atoms with Crippen LogP contribution in [0.3, 0.4) is 0 Å². The molecule has 0 aromatic carbocycles. The molecule has 0 aromatic rings. The van der Waals surface area contributed by atoms with Crippen LogP contribution in [-0.4, -0.2) is 35.8 Å². The fourth-order valence-corrected chi connectivity index (χ4v) is 4.50. The van der Waals surface area contributed by atoms with E-state index < -0.39 is 0 Å². The molecule has 3 unspecified atom stereocenters. The second-order valence-corrected chi connectivity index (χ2v) is 8.75. The smallest absolute Gasteiger partial charge is 0.232 e. The number of rotatable bonds is 8. The molecule has 0 radical (unpaired) electrons. The van der Waals surface area contributed by atoms with Crippen molar-refractivity contribution in [2.24, 2.45) is 17.8 Å². The van der Waals surface area contributed by atoms with Gasteiger partial charge < -0.3 is 10.2 Å². The Labute approximate surface area is 154 Å². The Hall–Kier alpha value is -1.06. The maximum atomic E-state index is 12.6. The van der Waals surface area contributed by atoms with E-state index in [2.05, 4.69) is 26.1 Å². The van der Waals surface area contributed by atoms with Crippen LogP contribution < -0.4 is 5.32 Å². The van der Waals surface area contributed by atoms with Crippen molar-refractivity contribution < 1.29 is 9.59 Å². The number of nitrogens with zero attached hydrogens (tertiary/aromatic N) is 1. The number of nitrogens with one attached hydrogen (secondary N) is 1. The highest BCUT2D eigenvalue weighted by Crippen LogP contribution is 2.35. The summed E-state index contributed by atoms with van der Waals surface area (Å²) in [6.07, 6.45) is 10.9. The summed E-state index contributed by atoms with van der Waals surface area (Å²) in [5.41, 5.74) is 0. The summed E-state index contributed by atoms with van der Waals surface area (Å²) in [6.45, 7) is 8.21. The standard InChI is InChI=1S/C21H38N2O2/c1-16(2)8-6-9-17(3)15-22-20(24)14-21(25)23-13-7-11-18-10-4-5-12-19(18)23/h16-19H,4-15H2,1-3H3,(H,22,24). The molecule has 1 heterocycles. The monoisotopic (exact) mass is 350 g/mol. The van der Waals surface area contributed by atoms with Crippen LogP contribution in [0.25, 0.3) is 0 Å². The number of carbonyl (C=O) groups is 2. The van der Waals surface area contributed by atoms with Gasteiger partial charge in [-0.05, 0) is 49.9 Å². The minimum absolute atomic E-state index is 0.0297. The molecule has 1 saturated carbocycles. The summed E-state index contributed by atoms with van der Waals surface area (Å²) in [6, 6.07) is 0.401. The van der Waals surface area contributed by atoms with E-state index in [0.717, 1.165) is 31.7 Å². The van der Waals surface area contributed by atoms with Gasteiger partial charge in [0.1, 0.15) is 6.42 Å². The molecule has 2 rings (SSSR count). The highest BCUT2D eigenvalue weighted by Gasteiger charge is 2.35. The Balaban J connectivity index is 1.69. The second kappa shape index (κ2) is 10.2. The Kier molecular flexibility index (Phi) is 8.25. The van der Waals surface area contributed by atoms with Crippen LogP contribution in [0.1, 0.15) is 85.0 Å². The predicted octanol–water partition coefficient (Wildman–Crippen LogP) is 4.14. The molecular formula is C21H38N2O2. The summed E-state index contributed by atoms with van der Waals surface area (Å²) in [5, 5.41) is 2.98. The molecule has 1 saturated heterocycles. The lowest BCUT2D eigenvalue weighted by molar-refractivity contribution is -0.141. The molecule has 0 bridgehead atoms. The van der Waals surface area contributed by atoms with Gasteiger partial charge in [0.25, 0.3) is 0 Å². The fourth-order valence-electron chi connectivity index (χ4n) is 4.50. The molecule has 2 fully saturated rings. The van der Waals surface area contributed by atoms with E-state index in [0.29, 0.717) is 24.4 Å². The number of amides is 2. The highest BCUT2D eigenvalue weighted by molar-refractivity contribution is 5.97.